The summed E-state index contributed by atoms with van der Waals surface area (Å²) in [6.07, 6.45) is 3.76. The van der Waals surface area contributed by atoms with E-state index in [9.17, 15) is 9.59 Å². The second kappa shape index (κ2) is 7.08. The number of hydrogen-bond acceptors (Lipinski definition) is 2. The minimum absolute atomic E-state index is 0.0684. The molecule has 1 saturated heterocycles. The monoisotopic (exact) mass is 274 g/mol. The van der Waals surface area contributed by atoms with Crippen LogP contribution in [-0.4, -0.2) is 29.8 Å². The summed E-state index contributed by atoms with van der Waals surface area (Å²) in [6.45, 7) is 2.87. The van der Waals surface area contributed by atoms with Crippen molar-refractivity contribution < 1.29 is 9.59 Å². The smallest absolute Gasteiger partial charge is 0.222 e. The molecule has 4 nitrogen and oxygen atoms in total. The molecule has 108 valence electrons. The Morgan fingerprint density at radius 2 is 2.00 bits per heavy atom. The molecule has 1 fully saturated rings. The van der Waals surface area contributed by atoms with Crippen molar-refractivity contribution in [2.45, 2.75) is 38.6 Å². The summed E-state index contributed by atoms with van der Waals surface area (Å²) in [4.78, 5) is 25.4. The third-order valence-electron chi connectivity index (χ3n) is 3.65. The highest BCUT2D eigenvalue weighted by Gasteiger charge is 2.22. The average Bonchev–Trinajstić information content (AvgIpc) is 2.64. The second-order valence-electron chi connectivity index (χ2n) is 5.31. The molecule has 0 aliphatic carbocycles. The quantitative estimate of drug-likeness (QED) is 0.915. The molecule has 1 aromatic carbocycles. The van der Waals surface area contributed by atoms with E-state index < -0.39 is 0 Å². The highest BCUT2D eigenvalue weighted by molar-refractivity contribution is 5.77. The third kappa shape index (κ3) is 4.08. The summed E-state index contributed by atoms with van der Waals surface area (Å²) >= 11 is 0. The zero-order valence-electron chi connectivity index (χ0n) is 12.0. The average molecular weight is 274 g/mol. The van der Waals surface area contributed by atoms with Crippen molar-refractivity contribution in [2.75, 3.05) is 13.1 Å². The summed E-state index contributed by atoms with van der Waals surface area (Å²) in [5.74, 6) is 0.134. The number of nitrogens with one attached hydrogen (secondary N) is 1. The van der Waals surface area contributed by atoms with Crippen LogP contribution in [0.2, 0.25) is 0 Å². The molecule has 0 aromatic heterocycles. The molecule has 0 bridgehead atoms. The van der Waals surface area contributed by atoms with E-state index in [1.54, 1.807) is 0 Å². The Kier molecular flexibility index (Phi) is 5.16. The number of benzene rings is 1. The van der Waals surface area contributed by atoms with Gasteiger partial charge < -0.3 is 10.2 Å². The number of nitrogens with zero attached hydrogens (tertiary/aromatic N) is 1. The molecule has 1 atom stereocenters. The fraction of sp³-hybridized carbons (Fsp3) is 0.500. The maximum absolute atomic E-state index is 12.1. The van der Waals surface area contributed by atoms with Gasteiger partial charge in [-0.3, -0.25) is 9.59 Å². The van der Waals surface area contributed by atoms with Gasteiger partial charge in [0, 0.05) is 26.4 Å². The number of likely N-dealkylation sites (tertiary alicyclic amines) is 1. The number of carbonyl (C=O) groups excluding carboxylic acids is 2. The van der Waals surface area contributed by atoms with E-state index in [4.69, 9.17) is 0 Å². The molecular formula is C16H22N2O2. The van der Waals surface area contributed by atoms with Gasteiger partial charge in [-0.15, -0.1) is 0 Å². The predicted molar refractivity (Wildman–Crippen MR) is 78.0 cm³/mol. The normalized spacial score (nSPS) is 17.4. The van der Waals surface area contributed by atoms with Gasteiger partial charge in [0.25, 0.3) is 0 Å². The first-order valence-electron chi connectivity index (χ1n) is 7.26. The number of amides is 2. The zero-order chi connectivity index (χ0) is 14.4. The van der Waals surface area contributed by atoms with Crippen molar-refractivity contribution in [1.29, 1.82) is 0 Å². The van der Waals surface area contributed by atoms with E-state index in [1.165, 1.54) is 6.92 Å². The van der Waals surface area contributed by atoms with Crippen LogP contribution < -0.4 is 5.32 Å². The van der Waals surface area contributed by atoms with Gasteiger partial charge in [0.05, 0.1) is 6.04 Å². The molecule has 0 radical (unpaired) electrons. The first-order valence-corrected chi connectivity index (χ1v) is 7.26. The van der Waals surface area contributed by atoms with Crippen LogP contribution in [0.5, 0.6) is 0 Å². The summed E-state index contributed by atoms with van der Waals surface area (Å²) in [5.41, 5.74) is 1.04. The first kappa shape index (κ1) is 14.6. The molecule has 1 aliphatic heterocycles. The van der Waals surface area contributed by atoms with Gasteiger partial charge in [0.1, 0.15) is 0 Å². The Morgan fingerprint density at radius 3 is 2.70 bits per heavy atom. The standard InChI is InChI=1S/C16H22N2O2/c1-13(19)17-15(14-8-4-2-5-9-14)12-18-11-7-3-6-10-16(18)20/h2,4-5,8-9,15H,3,6-7,10-12H2,1H3,(H,17,19)/t15-/m1/s1. The molecule has 0 spiro atoms. The zero-order valence-corrected chi connectivity index (χ0v) is 12.0. The summed E-state index contributed by atoms with van der Waals surface area (Å²) in [5, 5.41) is 2.95. The lowest BCUT2D eigenvalue weighted by atomic mass is 10.1. The molecule has 1 aromatic rings. The van der Waals surface area contributed by atoms with Crippen LogP contribution in [-0.2, 0) is 9.59 Å². The SMILES string of the molecule is CC(=O)N[C@H](CN1CCCCCC1=O)c1ccccc1. The Bertz CT molecular complexity index is 459. The minimum atomic E-state index is -0.129. The van der Waals surface area contributed by atoms with Crippen LogP contribution in [0, 0.1) is 0 Å². The van der Waals surface area contributed by atoms with Crippen molar-refractivity contribution in [3.05, 3.63) is 35.9 Å². The van der Waals surface area contributed by atoms with E-state index in [0.29, 0.717) is 13.0 Å². The molecule has 4 heteroatoms. The third-order valence-corrected chi connectivity index (χ3v) is 3.65. The molecular weight excluding hydrogens is 252 g/mol. The second-order valence-corrected chi connectivity index (χ2v) is 5.31. The van der Waals surface area contributed by atoms with E-state index in [1.807, 2.05) is 35.2 Å². The molecule has 0 unspecified atom stereocenters. The topological polar surface area (TPSA) is 49.4 Å². The summed E-state index contributed by atoms with van der Waals surface area (Å²) in [6, 6.07) is 9.70. The predicted octanol–water partition coefficient (Wildman–Crippen LogP) is 2.27. The highest BCUT2D eigenvalue weighted by Crippen LogP contribution is 2.18. The molecule has 2 rings (SSSR count). The Morgan fingerprint density at radius 1 is 1.25 bits per heavy atom. The molecule has 1 heterocycles. The number of carbonyl (C=O) groups is 2. The van der Waals surface area contributed by atoms with Crippen molar-refractivity contribution in [2.24, 2.45) is 0 Å². The van der Waals surface area contributed by atoms with Gasteiger partial charge in [0.15, 0.2) is 0 Å². The Hall–Kier alpha value is -1.84. The van der Waals surface area contributed by atoms with E-state index in [0.717, 1.165) is 31.4 Å². The molecule has 1 N–H and O–H groups in total. The van der Waals surface area contributed by atoms with E-state index in [-0.39, 0.29) is 17.9 Å². The Balaban J connectivity index is 2.10. The van der Waals surface area contributed by atoms with Crippen molar-refractivity contribution in [3.8, 4) is 0 Å². The van der Waals surface area contributed by atoms with Crippen molar-refractivity contribution >= 4 is 11.8 Å². The lowest BCUT2D eigenvalue weighted by molar-refractivity contribution is -0.131. The first-order chi connectivity index (χ1) is 9.66. The van der Waals surface area contributed by atoms with E-state index >= 15 is 0 Å². The lowest BCUT2D eigenvalue weighted by Crippen LogP contribution is -2.40. The number of rotatable bonds is 4. The minimum Gasteiger partial charge on any atom is -0.348 e. The van der Waals surface area contributed by atoms with Crippen LogP contribution in [0.4, 0.5) is 0 Å². The van der Waals surface area contributed by atoms with Gasteiger partial charge in [-0.25, -0.2) is 0 Å². The fourth-order valence-corrected chi connectivity index (χ4v) is 2.62. The maximum Gasteiger partial charge on any atom is 0.222 e. The van der Waals surface area contributed by atoms with E-state index in [2.05, 4.69) is 5.32 Å². The largest absolute Gasteiger partial charge is 0.348 e. The van der Waals surface area contributed by atoms with Crippen molar-refractivity contribution in [3.63, 3.8) is 0 Å². The van der Waals surface area contributed by atoms with Crippen LogP contribution in [0.3, 0.4) is 0 Å². The van der Waals surface area contributed by atoms with Crippen molar-refractivity contribution in [1.82, 2.24) is 10.2 Å². The van der Waals surface area contributed by atoms with Gasteiger partial charge >= 0.3 is 0 Å². The van der Waals surface area contributed by atoms with Crippen LogP contribution in [0.25, 0.3) is 0 Å². The summed E-state index contributed by atoms with van der Waals surface area (Å²) in [7, 11) is 0. The van der Waals surface area contributed by atoms with Gasteiger partial charge in [-0.2, -0.15) is 0 Å². The molecule has 20 heavy (non-hydrogen) atoms. The maximum atomic E-state index is 12.1. The van der Waals surface area contributed by atoms with Gasteiger partial charge in [-0.1, -0.05) is 36.8 Å². The molecule has 2 amide bonds. The van der Waals surface area contributed by atoms with Crippen LogP contribution in [0.1, 0.15) is 44.2 Å². The lowest BCUT2D eigenvalue weighted by Gasteiger charge is -2.27. The Labute approximate surface area is 120 Å². The molecule has 1 aliphatic rings. The van der Waals surface area contributed by atoms with Gasteiger partial charge in [0.2, 0.25) is 11.8 Å². The fourth-order valence-electron chi connectivity index (χ4n) is 2.62. The van der Waals surface area contributed by atoms with Crippen LogP contribution in [0.15, 0.2) is 30.3 Å². The van der Waals surface area contributed by atoms with Gasteiger partial charge in [-0.05, 0) is 18.4 Å². The summed E-state index contributed by atoms with van der Waals surface area (Å²) < 4.78 is 0. The number of hydrogen-bond donors (Lipinski definition) is 1. The highest BCUT2D eigenvalue weighted by atomic mass is 16.2. The van der Waals surface area contributed by atoms with Crippen LogP contribution >= 0.6 is 0 Å². The molecule has 0 saturated carbocycles.